The molecule has 0 aromatic carbocycles. The molecule has 0 unspecified atom stereocenters. The molecular weight excluding hydrogens is 694 g/mol. The van der Waals surface area contributed by atoms with Gasteiger partial charge in [0.2, 0.25) is 41.4 Å². The van der Waals surface area contributed by atoms with E-state index in [-0.39, 0.29) is 37.2 Å². The van der Waals surface area contributed by atoms with Gasteiger partial charge in [0.15, 0.2) is 5.96 Å². The molecule has 20 heteroatoms. The van der Waals surface area contributed by atoms with Crippen LogP contribution in [0.15, 0.2) is 4.99 Å². The summed E-state index contributed by atoms with van der Waals surface area (Å²) in [6.07, 6.45) is 2.92. The second kappa shape index (κ2) is 24.6. The summed E-state index contributed by atoms with van der Waals surface area (Å²) in [6, 6.07) is -7.23. The van der Waals surface area contributed by atoms with Crippen molar-refractivity contribution in [3.05, 3.63) is 0 Å². The number of hydrogen-bond acceptors (Lipinski definition) is 11. The van der Waals surface area contributed by atoms with Crippen molar-refractivity contribution in [1.29, 1.82) is 0 Å². The van der Waals surface area contributed by atoms with Gasteiger partial charge >= 0.3 is 0 Å². The van der Waals surface area contributed by atoms with Gasteiger partial charge in [-0.1, -0.05) is 20.3 Å². The van der Waals surface area contributed by atoms with E-state index in [1.807, 2.05) is 6.92 Å². The molecule has 0 saturated carbocycles. The van der Waals surface area contributed by atoms with Gasteiger partial charge in [-0.2, -0.15) is 0 Å². The third-order valence-corrected chi connectivity index (χ3v) is 8.81. The SMILES string of the molecule is CCNC(=O)[C@@H]1CCCN1C(=O)[C@H](CCCN=C(N)N)NC(=O)[C@H](CCCCN)NC(=O)[C@H](CO)NC(=O)[C@H](CO)NC(=O)[C@H](NC(C)=O)[C@H](C)CC. The monoisotopic (exact) mass is 755 g/mol. The lowest BCUT2D eigenvalue weighted by atomic mass is 9.98. The fourth-order valence-electron chi connectivity index (χ4n) is 5.71. The molecule has 1 aliphatic rings. The van der Waals surface area contributed by atoms with Gasteiger partial charge in [-0.25, -0.2) is 0 Å². The highest BCUT2D eigenvalue weighted by Crippen LogP contribution is 2.20. The minimum absolute atomic E-state index is 0.0799. The number of unbranched alkanes of at least 4 members (excludes halogenated alkanes) is 1. The molecule has 0 radical (unpaired) electrons. The Morgan fingerprint density at radius 3 is 1.87 bits per heavy atom. The molecule has 0 aromatic rings. The van der Waals surface area contributed by atoms with E-state index in [9.17, 15) is 43.8 Å². The Hall–Kier alpha value is -4.56. The van der Waals surface area contributed by atoms with Crippen LogP contribution >= 0.6 is 0 Å². The third kappa shape index (κ3) is 15.9. The van der Waals surface area contributed by atoms with Gasteiger partial charge in [0.1, 0.15) is 36.3 Å². The van der Waals surface area contributed by atoms with Crippen molar-refractivity contribution in [2.75, 3.05) is 39.4 Å². The summed E-state index contributed by atoms with van der Waals surface area (Å²) in [5, 5.41) is 35.1. The summed E-state index contributed by atoms with van der Waals surface area (Å²) in [4.78, 5) is 96.7. The number of nitrogens with one attached hydrogen (secondary N) is 6. The van der Waals surface area contributed by atoms with E-state index >= 15 is 0 Å². The molecule has 7 amide bonds. The second-order valence-electron chi connectivity index (χ2n) is 13.0. The van der Waals surface area contributed by atoms with Crippen LogP contribution in [-0.2, 0) is 33.6 Å². The number of likely N-dealkylation sites (tertiary alicyclic amines) is 1. The predicted molar refractivity (Wildman–Crippen MR) is 195 cm³/mol. The first kappa shape index (κ1) is 46.5. The number of aliphatic imine (C=N–C) groups is 1. The van der Waals surface area contributed by atoms with Crippen molar-refractivity contribution in [3.8, 4) is 0 Å². The van der Waals surface area contributed by atoms with Gasteiger partial charge in [0.05, 0.1) is 13.2 Å². The Labute approximate surface area is 310 Å². The number of nitrogens with zero attached hydrogens (tertiary/aromatic N) is 2. The molecule has 0 bridgehead atoms. The van der Waals surface area contributed by atoms with Gasteiger partial charge < -0.3 is 64.2 Å². The molecule has 1 saturated heterocycles. The van der Waals surface area contributed by atoms with Crippen molar-refractivity contribution in [1.82, 2.24) is 36.8 Å². The number of amides is 7. The van der Waals surface area contributed by atoms with Crippen molar-refractivity contribution >= 4 is 47.3 Å². The number of aliphatic hydroxyl groups is 2. The summed E-state index contributed by atoms with van der Waals surface area (Å²) in [5.74, 6) is -5.17. The fraction of sp³-hybridized carbons (Fsp3) is 0.758. The lowest BCUT2D eigenvalue weighted by Gasteiger charge is -2.30. The quantitative estimate of drug-likeness (QED) is 0.0254. The summed E-state index contributed by atoms with van der Waals surface area (Å²) in [5.41, 5.74) is 16.5. The minimum Gasteiger partial charge on any atom is -0.394 e. The van der Waals surface area contributed by atoms with Crippen LogP contribution in [0.2, 0.25) is 0 Å². The lowest BCUT2D eigenvalue weighted by Crippen LogP contribution is -2.61. The molecule has 20 nitrogen and oxygen atoms in total. The van der Waals surface area contributed by atoms with Crippen LogP contribution in [-0.4, -0.2) is 138 Å². The number of guanidine groups is 1. The third-order valence-electron chi connectivity index (χ3n) is 8.81. The molecular formula is C33H61N11O9. The van der Waals surface area contributed by atoms with Crippen LogP contribution in [0.3, 0.4) is 0 Å². The number of aliphatic hydroxyl groups excluding tert-OH is 2. The van der Waals surface area contributed by atoms with Gasteiger partial charge in [0.25, 0.3) is 0 Å². The lowest BCUT2D eigenvalue weighted by molar-refractivity contribution is -0.142. The van der Waals surface area contributed by atoms with Crippen LogP contribution in [0, 0.1) is 5.92 Å². The molecule has 0 aromatic heterocycles. The van der Waals surface area contributed by atoms with Gasteiger partial charge in [-0.3, -0.25) is 38.6 Å². The molecule has 0 aliphatic carbocycles. The Morgan fingerprint density at radius 2 is 1.34 bits per heavy atom. The molecule has 1 fully saturated rings. The topological polar surface area (TPSA) is 326 Å². The zero-order valence-electron chi connectivity index (χ0n) is 31.3. The molecule has 1 rings (SSSR count). The average Bonchev–Trinajstić information content (AvgIpc) is 3.62. The first-order chi connectivity index (χ1) is 25.1. The summed E-state index contributed by atoms with van der Waals surface area (Å²) < 4.78 is 0. The number of likely N-dealkylation sites (N-methyl/N-ethyl adjacent to an activating group) is 1. The molecule has 1 heterocycles. The number of hydrogen-bond donors (Lipinski definition) is 11. The maximum Gasteiger partial charge on any atom is 0.245 e. The highest BCUT2D eigenvalue weighted by atomic mass is 16.3. The number of carbonyl (C=O) groups excluding carboxylic acids is 7. The van der Waals surface area contributed by atoms with E-state index < -0.39 is 84.9 Å². The Morgan fingerprint density at radius 1 is 0.792 bits per heavy atom. The van der Waals surface area contributed by atoms with E-state index in [0.29, 0.717) is 58.2 Å². The fourth-order valence-corrected chi connectivity index (χ4v) is 5.71. The van der Waals surface area contributed by atoms with Gasteiger partial charge in [0, 0.05) is 26.6 Å². The molecule has 1 aliphatic heterocycles. The highest BCUT2D eigenvalue weighted by molar-refractivity contribution is 5.97. The maximum absolute atomic E-state index is 13.8. The second-order valence-corrected chi connectivity index (χ2v) is 13.0. The van der Waals surface area contributed by atoms with E-state index in [2.05, 4.69) is 36.9 Å². The smallest absolute Gasteiger partial charge is 0.245 e. The van der Waals surface area contributed by atoms with E-state index in [0.717, 1.165) is 0 Å². The normalized spacial score (nSPS) is 17.2. The Balaban J connectivity index is 3.20. The molecule has 53 heavy (non-hydrogen) atoms. The van der Waals surface area contributed by atoms with Crippen LogP contribution < -0.4 is 49.1 Å². The van der Waals surface area contributed by atoms with Gasteiger partial charge in [-0.05, 0) is 64.3 Å². The summed E-state index contributed by atoms with van der Waals surface area (Å²) >= 11 is 0. The van der Waals surface area contributed by atoms with E-state index in [1.165, 1.54) is 11.8 Å². The number of rotatable bonds is 24. The van der Waals surface area contributed by atoms with Crippen molar-refractivity contribution in [2.24, 2.45) is 28.1 Å². The zero-order chi connectivity index (χ0) is 40.1. The van der Waals surface area contributed by atoms with Crippen LogP contribution in [0.25, 0.3) is 0 Å². The van der Waals surface area contributed by atoms with Crippen molar-refractivity contribution in [2.45, 2.75) is 115 Å². The molecule has 0 spiro atoms. The summed E-state index contributed by atoms with van der Waals surface area (Å²) in [7, 11) is 0. The molecule has 302 valence electrons. The number of carbonyl (C=O) groups is 7. The Kier molecular flexibility index (Phi) is 21.6. The standard InChI is InChI=1S/C33H61N11O9/c1-5-19(3)26(39-20(4)47)31(52)43-24(18-46)29(50)42-23(17-45)28(49)40-21(11-7-8-14-34)27(48)41-22(12-9-15-38-33(35)36)32(53)44-16-10-13-25(44)30(51)37-6-2/h19,21-26,45-46H,5-18,34H2,1-4H3,(H,37,51)(H,39,47)(H,40,49)(H,41,48)(H,42,50)(H,43,52)(H4,35,36,38)/t19-,21+,22+,23+,24+,25+,26-/m1/s1. The predicted octanol–water partition coefficient (Wildman–Crippen LogP) is -4.23. The molecule has 7 atom stereocenters. The minimum atomic E-state index is -1.61. The van der Waals surface area contributed by atoms with Crippen LogP contribution in [0.5, 0.6) is 0 Å². The first-order valence-electron chi connectivity index (χ1n) is 18.2. The van der Waals surface area contributed by atoms with Gasteiger partial charge in [-0.15, -0.1) is 0 Å². The average molecular weight is 756 g/mol. The van der Waals surface area contributed by atoms with Crippen LogP contribution in [0.4, 0.5) is 0 Å². The first-order valence-corrected chi connectivity index (χ1v) is 18.2. The van der Waals surface area contributed by atoms with Crippen LogP contribution in [0.1, 0.15) is 79.1 Å². The zero-order valence-corrected chi connectivity index (χ0v) is 31.3. The van der Waals surface area contributed by atoms with E-state index in [4.69, 9.17) is 17.2 Å². The maximum atomic E-state index is 13.8. The van der Waals surface area contributed by atoms with Crippen molar-refractivity contribution < 1.29 is 43.8 Å². The largest absolute Gasteiger partial charge is 0.394 e. The summed E-state index contributed by atoms with van der Waals surface area (Å²) in [6.45, 7) is 5.89. The number of nitrogens with two attached hydrogens (primary N) is 3. The van der Waals surface area contributed by atoms with Crippen molar-refractivity contribution in [3.63, 3.8) is 0 Å². The molecule has 14 N–H and O–H groups in total. The Bertz CT molecular complexity index is 1260. The highest BCUT2D eigenvalue weighted by Gasteiger charge is 2.38. The van der Waals surface area contributed by atoms with E-state index in [1.54, 1.807) is 13.8 Å².